The lowest BCUT2D eigenvalue weighted by molar-refractivity contribution is -0.305. The topological polar surface area (TPSA) is 135 Å². The highest BCUT2D eigenvalue weighted by Gasteiger charge is 2.44. The van der Waals surface area contributed by atoms with E-state index in [9.17, 15) is 25.2 Å². The van der Waals surface area contributed by atoms with Gasteiger partial charge in [0.15, 0.2) is 6.29 Å². The largest absolute Gasteiger partial charge is 0.457 e. The fourth-order valence-electron chi connectivity index (χ4n) is 5.76. The molecule has 1 aliphatic rings. The minimum absolute atomic E-state index is 0.115. The number of carbonyl (C=O) groups excluding carboxylic acids is 1. The van der Waals surface area contributed by atoms with E-state index in [1.165, 1.54) is 83.5 Å². The molecule has 282 valence electrons. The van der Waals surface area contributed by atoms with Crippen LogP contribution < -0.4 is 0 Å². The number of ether oxygens (including phenoxy) is 4. The second kappa shape index (κ2) is 31.6. The van der Waals surface area contributed by atoms with Gasteiger partial charge in [-0.3, -0.25) is 4.79 Å². The van der Waals surface area contributed by atoms with E-state index in [1.807, 2.05) is 0 Å². The third-order valence-electron chi connectivity index (χ3n) is 8.87. The van der Waals surface area contributed by atoms with E-state index in [1.54, 1.807) is 0 Å². The van der Waals surface area contributed by atoms with Gasteiger partial charge < -0.3 is 39.4 Å². The number of hydrogen-bond donors (Lipinski definition) is 4. The zero-order valence-electron chi connectivity index (χ0n) is 30.5. The van der Waals surface area contributed by atoms with E-state index in [0.717, 1.165) is 51.4 Å². The molecule has 1 saturated heterocycles. The minimum atomic E-state index is -1.53. The van der Waals surface area contributed by atoms with E-state index in [2.05, 4.69) is 38.2 Å². The Morgan fingerprint density at radius 2 is 1.21 bits per heavy atom. The molecule has 6 atom stereocenters. The summed E-state index contributed by atoms with van der Waals surface area (Å²) >= 11 is 0. The van der Waals surface area contributed by atoms with Gasteiger partial charge in [0.2, 0.25) is 0 Å². The third kappa shape index (κ3) is 23.1. The van der Waals surface area contributed by atoms with Crippen LogP contribution in [0.5, 0.6) is 0 Å². The molecule has 6 unspecified atom stereocenters. The Balaban J connectivity index is 2.31. The van der Waals surface area contributed by atoms with Crippen LogP contribution in [0.1, 0.15) is 155 Å². The number of esters is 1. The van der Waals surface area contributed by atoms with Crippen LogP contribution in [0.4, 0.5) is 0 Å². The SMILES string of the molecule is CCCCC/C=C\C/C=C\CCCCCCCCOCC(COC1OC(CO)C(O)C(O)C1O)OC(=O)CCCCCCCCCCC. The van der Waals surface area contributed by atoms with Crippen molar-refractivity contribution in [1.82, 2.24) is 0 Å². The summed E-state index contributed by atoms with van der Waals surface area (Å²) in [5.41, 5.74) is 0. The summed E-state index contributed by atoms with van der Waals surface area (Å²) in [6.07, 6.45) is 26.3. The normalized spacial score (nSPS) is 22.2. The van der Waals surface area contributed by atoms with Crippen LogP contribution >= 0.6 is 0 Å². The number of rotatable bonds is 32. The number of carbonyl (C=O) groups is 1. The smallest absolute Gasteiger partial charge is 0.306 e. The lowest BCUT2D eigenvalue weighted by Crippen LogP contribution is -2.59. The highest BCUT2D eigenvalue weighted by Crippen LogP contribution is 2.22. The summed E-state index contributed by atoms with van der Waals surface area (Å²) in [6.45, 7) is 4.48. The molecule has 0 aromatic carbocycles. The Bertz CT molecular complexity index is 787. The summed E-state index contributed by atoms with van der Waals surface area (Å²) in [5.74, 6) is -0.322. The number of hydrogen-bond acceptors (Lipinski definition) is 9. The first-order chi connectivity index (χ1) is 23.4. The highest BCUT2D eigenvalue weighted by atomic mass is 16.7. The van der Waals surface area contributed by atoms with Gasteiger partial charge in [-0.15, -0.1) is 0 Å². The van der Waals surface area contributed by atoms with Gasteiger partial charge in [-0.2, -0.15) is 0 Å². The predicted molar refractivity (Wildman–Crippen MR) is 192 cm³/mol. The van der Waals surface area contributed by atoms with Gasteiger partial charge >= 0.3 is 5.97 Å². The van der Waals surface area contributed by atoms with Crippen LogP contribution in [0.15, 0.2) is 24.3 Å². The summed E-state index contributed by atoms with van der Waals surface area (Å²) in [5, 5.41) is 39.9. The Kier molecular flexibility index (Phi) is 29.5. The molecule has 9 heteroatoms. The Morgan fingerprint density at radius 1 is 0.667 bits per heavy atom. The maximum atomic E-state index is 12.6. The maximum absolute atomic E-state index is 12.6. The van der Waals surface area contributed by atoms with Gasteiger partial charge in [-0.25, -0.2) is 0 Å². The quantitative estimate of drug-likeness (QED) is 0.0323. The second-order valence-electron chi connectivity index (χ2n) is 13.4. The fourth-order valence-corrected chi connectivity index (χ4v) is 5.76. The molecule has 9 nitrogen and oxygen atoms in total. The van der Waals surface area contributed by atoms with E-state index >= 15 is 0 Å². The maximum Gasteiger partial charge on any atom is 0.306 e. The molecule has 0 radical (unpaired) electrons. The lowest BCUT2D eigenvalue weighted by Gasteiger charge is -2.39. The van der Waals surface area contributed by atoms with Crippen molar-refractivity contribution in [2.45, 2.75) is 192 Å². The summed E-state index contributed by atoms with van der Waals surface area (Å²) in [4.78, 5) is 12.6. The zero-order chi connectivity index (χ0) is 35.1. The molecule has 1 rings (SSSR count). The van der Waals surface area contributed by atoms with Crippen molar-refractivity contribution in [3.05, 3.63) is 24.3 Å². The predicted octanol–water partition coefficient (Wildman–Crippen LogP) is 7.47. The van der Waals surface area contributed by atoms with Crippen molar-refractivity contribution in [2.24, 2.45) is 0 Å². The Hall–Kier alpha value is -1.33. The average molecular weight is 685 g/mol. The van der Waals surface area contributed by atoms with Crippen LogP contribution in [0, 0.1) is 0 Å². The molecule has 0 aromatic rings. The minimum Gasteiger partial charge on any atom is -0.457 e. The average Bonchev–Trinajstić information content (AvgIpc) is 3.08. The number of aliphatic hydroxyl groups excluding tert-OH is 4. The molecule has 1 heterocycles. The van der Waals surface area contributed by atoms with Crippen LogP contribution in [0.25, 0.3) is 0 Å². The molecule has 0 amide bonds. The lowest BCUT2D eigenvalue weighted by atomic mass is 9.99. The Morgan fingerprint density at radius 3 is 1.83 bits per heavy atom. The molecule has 0 aliphatic carbocycles. The summed E-state index contributed by atoms with van der Waals surface area (Å²) < 4.78 is 22.7. The van der Waals surface area contributed by atoms with Crippen molar-refractivity contribution in [1.29, 1.82) is 0 Å². The summed E-state index contributed by atoms with van der Waals surface area (Å²) in [6, 6.07) is 0. The van der Waals surface area contributed by atoms with E-state index < -0.39 is 43.4 Å². The summed E-state index contributed by atoms with van der Waals surface area (Å²) in [7, 11) is 0. The van der Waals surface area contributed by atoms with Crippen molar-refractivity contribution >= 4 is 5.97 Å². The monoisotopic (exact) mass is 685 g/mol. The highest BCUT2D eigenvalue weighted by molar-refractivity contribution is 5.69. The first kappa shape index (κ1) is 44.7. The number of unbranched alkanes of at least 4 members (excludes halogenated alkanes) is 17. The van der Waals surface area contributed by atoms with Crippen LogP contribution in [-0.2, 0) is 23.7 Å². The number of aliphatic hydroxyl groups is 4. The van der Waals surface area contributed by atoms with Gasteiger partial charge in [0.25, 0.3) is 0 Å². The third-order valence-corrected chi connectivity index (χ3v) is 8.87. The van der Waals surface area contributed by atoms with Crippen molar-refractivity contribution in [3.8, 4) is 0 Å². The van der Waals surface area contributed by atoms with E-state index in [0.29, 0.717) is 13.0 Å². The molecular formula is C39H72O9. The molecule has 0 aromatic heterocycles. The first-order valence-electron chi connectivity index (χ1n) is 19.4. The van der Waals surface area contributed by atoms with Crippen molar-refractivity contribution in [3.63, 3.8) is 0 Å². The molecule has 4 N–H and O–H groups in total. The van der Waals surface area contributed by atoms with Gasteiger partial charge in [0.05, 0.1) is 19.8 Å². The zero-order valence-corrected chi connectivity index (χ0v) is 30.5. The van der Waals surface area contributed by atoms with Gasteiger partial charge in [0.1, 0.15) is 30.5 Å². The molecule has 0 saturated carbocycles. The molecule has 48 heavy (non-hydrogen) atoms. The fraction of sp³-hybridized carbons (Fsp3) is 0.872. The second-order valence-corrected chi connectivity index (χ2v) is 13.4. The van der Waals surface area contributed by atoms with Crippen LogP contribution in [0.3, 0.4) is 0 Å². The van der Waals surface area contributed by atoms with Gasteiger partial charge in [-0.1, -0.05) is 128 Å². The molecule has 0 spiro atoms. The van der Waals surface area contributed by atoms with E-state index in [-0.39, 0.29) is 19.2 Å². The van der Waals surface area contributed by atoms with Crippen molar-refractivity contribution < 1.29 is 44.2 Å². The van der Waals surface area contributed by atoms with Crippen molar-refractivity contribution in [2.75, 3.05) is 26.4 Å². The van der Waals surface area contributed by atoms with E-state index in [4.69, 9.17) is 18.9 Å². The molecular weight excluding hydrogens is 612 g/mol. The van der Waals surface area contributed by atoms with Crippen LogP contribution in [-0.4, -0.2) is 89.6 Å². The molecule has 1 fully saturated rings. The standard InChI is InChI=1S/C39H72O9/c1-3-5-7-9-11-13-14-15-16-17-18-19-21-23-25-27-29-45-31-33(32-46-39-38(44)37(43)36(42)34(30-40)48-39)47-35(41)28-26-24-22-20-12-10-8-6-4-2/h11,13,15-16,33-34,36-40,42-44H,3-10,12,14,17-32H2,1-2H3/b13-11-,16-15-. The van der Waals surface area contributed by atoms with Crippen LogP contribution in [0.2, 0.25) is 0 Å². The molecule has 0 bridgehead atoms. The van der Waals surface area contributed by atoms with Gasteiger partial charge in [-0.05, 0) is 44.9 Å². The van der Waals surface area contributed by atoms with Gasteiger partial charge in [0, 0.05) is 13.0 Å². The molecule has 1 aliphatic heterocycles. The number of allylic oxidation sites excluding steroid dienone is 4. The first-order valence-corrected chi connectivity index (χ1v) is 19.4. The Labute approximate surface area is 292 Å².